The molecule has 1 aliphatic heterocycles. The van der Waals surface area contributed by atoms with Crippen LogP contribution in [-0.2, 0) is 16.0 Å². The highest BCUT2D eigenvalue weighted by Crippen LogP contribution is 2.23. The van der Waals surface area contributed by atoms with E-state index in [0.717, 1.165) is 25.0 Å². The second-order valence-electron chi connectivity index (χ2n) is 5.03. The Bertz CT molecular complexity index is 425. The number of amides is 1. The zero-order valence-electron chi connectivity index (χ0n) is 10.6. The molecule has 98 valence electrons. The van der Waals surface area contributed by atoms with Gasteiger partial charge in [-0.15, -0.1) is 0 Å². The van der Waals surface area contributed by atoms with Gasteiger partial charge in [0.25, 0.3) is 0 Å². The van der Waals surface area contributed by atoms with Crippen LogP contribution < -0.4 is 5.32 Å². The van der Waals surface area contributed by atoms with Crippen LogP contribution in [0.2, 0.25) is 0 Å². The van der Waals surface area contributed by atoms with Crippen LogP contribution in [0.15, 0.2) is 24.3 Å². The van der Waals surface area contributed by atoms with Gasteiger partial charge in [0.05, 0.1) is 12.0 Å². The van der Waals surface area contributed by atoms with Gasteiger partial charge in [0.2, 0.25) is 5.91 Å². The van der Waals surface area contributed by atoms with Gasteiger partial charge in [0.1, 0.15) is 5.75 Å². The van der Waals surface area contributed by atoms with Crippen LogP contribution in [0.25, 0.3) is 0 Å². The quantitative estimate of drug-likeness (QED) is 0.852. The monoisotopic (exact) mass is 249 g/mol. The fourth-order valence-electron chi connectivity index (χ4n) is 2.18. The Hall–Kier alpha value is -1.55. The first-order valence-electron chi connectivity index (χ1n) is 6.26. The molecule has 0 bridgehead atoms. The van der Waals surface area contributed by atoms with E-state index in [2.05, 4.69) is 5.32 Å². The number of hydrogen-bond donors (Lipinski definition) is 2. The number of carbonyl (C=O) groups excluding carboxylic acids is 1. The summed E-state index contributed by atoms with van der Waals surface area (Å²) in [5.41, 5.74) is 0.596. The average Bonchev–Trinajstić information content (AvgIpc) is 2.74. The van der Waals surface area contributed by atoms with Crippen molar-refractivity contribution in [3.63, 3.8) is 0 Å². The lowest BCUT2D eigenvalue weighted by molar-refractivity contribution is -0.121. The lowest BCUT2D eigenvalue weighted by Gasteiger charge is -2.23. The van der Waals surface area contributed by atoms with Crippen LogP contribution in [0.5, 0.6) is 5.75 Å². The zero-order chi connectivity index (χ0) is 13.0. The molecule has 4 heteroatoms. The first-order chi connectivity index (χ1) is 8.57. The topological polar surface area (TPSA) is 58.6 Å². The SMILES string of the molecule is CC1(CNC(=O)Cc2cccc(O)c2)CCCO1. The molecule has 18 heavy (non-hydrogen) atoms. The molecule has 0 aliphatic carbocycles. The van der Waals surface area contributed by atoms with Gasteiger partial charge < -0.3 is 15.2 Å². The summed E-state index contributed by atoms with van der Waals surface area (Å²) in [6.07, 6.45) is 2.32. The molecule has 2 N–H and O–H groups in total. The summed E-state index contributed by atoms with van der Waals surface area (Å²) in [5, 5.41) is 12.2. The number of aromatic hydroxyl groups is 1. The van der Waals surface area contributed by atoms with Gasteiger partial charge in [0.15, 0.2) is 0 Å². The molecule has 1 atom stereocenters. The second kappa shape index (κ2) is 5.40. The maximum atomic E-state index is 11.8. The third-order valence-electron chi connectivity index (χ3n) is 3.24. The summed E-state index contributed by atoms with van der Waals surface area (Å²) >= 11 is 0. The molecule has 0 spiro atoms. The molecule has 1 aromatic carbocycles. The average molecular weight is 249 g/mol. The first kappa shape index (κ1) is 12.9. The molecular weight excluding hydrogens is 230 g/mol. The number of hydrogen-bond acceptors (Lipinski definition) is 3. The van der Waals surface area contributed by atoms with E-state index >= 15 is 0 Å². The van der Waals surface area contributed by atoms with Crippen LogP contribution in [0.4, 0.5) is 0 Å². The molecule has 1 aliphatic rings. The largest absolute Gasteiger partial charge is 0.508 e. The first-order valence-corrected chi connectivity index (χ1v) is 6.26. The van der Waals surface area contributed by atoms with Crippen molar-refractivity contribution in [3.05, 3.63) is 29.8 Å². The van der Waals surface area contributed by atoms with Crippen LogP contribution in [0.1, 0.15) is 25.3 Å². The third kappa shape index (κ3) is 3.47. The van der Waals surface area contributed by atoms with Crippen molar-refractivity contribution in [1.82, 2.24) is 5.32 Å². The van der Waals surface area contributed by atoms with Gasteiger partial charge in [0, 0.05) is 13.2 Å². The van der Waals surface area contributed by atoms with Crippen molar-refractivity contribution in [2.75, 3.05) is 13.2 Å². The molecule has 1 unspecified atom stereocenters. The van der Waals surface area contributed by atoms with Crippen molar-refractivity contribution in [3.8, 4) is 5.75 Å². The van der Waals surface area contributed by atoms with Gasteiger partial charge in [-0.3, -0.25) is 4.79 Å². The Labute approximate surface area is 107 Å². The summed E-state index contributed by atoms with van der Waals surface area (Å²) in [7, 11) is 0. The summed E-state index contributed by atoms with van der Waals surface area (Å²) in [5.74, 6) is 0.142. The number of phenols is 1. The number of ether oxygens (including phenoxy) is 1. The predicted molar refractivity (Wildman–Crippen MR) is 68.4 cm³/mol. The van der Waals surface area contributed by atoms with E-state index in [1.165, 1.54) is 0 Å². The van der Waals surface area contributed by atoms with Crippen molar-refractivity contribution in [2.24, 2.45) is 0 Å². The molecule has 1 saturated heterocycles. The number of carbonyl (C=O) groups is 1. The molecule has 4 nitrogen and oxygen atoms in total. The summed E-state index contributed by atoms with van der Waals surface area (Å²) < 4.78 is 5.61. The van der Waals surface area contributed by atoms with Crippen molar-refractivity contribution in [2.45, 2.75) is 31.8 Å². The van der Waals surface area contributed by atoms with Gasteiger partial charge in [-0.05, 0) is 37.5 Å². The Morgan fingerprint density at radius 3 is 3.06 bits per heavy atom. The summed E-state index contributed by atoms with van der Waals surface area (Å²) in [6, 6.07) is 6.76. The standard InChI is InChI=1S/C14H19NO3/c1-14(6-3-7-18-14)10-15-13(17)9-11-4-2-5-12(16)8-11/h2,4-5,8,16H,3,6-7,9-10H2,1H3,(H,15,17). The van der Waals surface area contributed by atoms with Crippen molar-refractivity contribution in [1.29, 1.82) is 0 Å². The Morgan fingerprint density at radius 1 is 1.56 bits per heavy atom. The molecule has 1 aromatic rings. The van der Waals surface area contributed by atoms with Crippen molar-refractivity contribution >= 4 is 5.91 Å². The van der Waals surface area contributed by atoms with E-state index in [0.29, 0.717) is 6.54 Å². The Balaban J connectivity index is 1.82. The van der Waals surface area contributed by atoms with Crippen LogP contribution in [-0.4, -0.2) is 29.8 Å². The van der Waals surface area contributed by atoms with Crippen LogP contribution in [0, 0.1) is 0 Å². The molecule has 1 amide bonds. The van der Waals surface area contributed by atoms with E-state index in [-0.39, 0.29) is 23.7 Å². The lowest BCUT2D eigenvalue weighted by atomic mass is 10.0. The minimum atomic E-state index is -0.214. The maximum Gasteiger partial charge on any atom is 0.224 e. The van der Waals surface area contributed by atoms with E-state index in [1.807, 2.05) is 13.0 Å². The molecule has 0 radical (unpaired) electrons. The van der Waals surface area contributed by atoms with Gasteiger partial charge in [-0.1, -0.05) is 12.1 Å². The third-order valence-corrected chi connectivity index (χ3v) is 3.24. The number of benzene rings is 1. The Kier molecular flexibility index (Phi) is 3.87. The minimum Gasteiger partial charge on any atom is -0.508 e. The second-order valence-corrected chi connectivity index (χ2v) is 5.03. The molecule has 2 rings (SSSR count). The fraction of sp³-hybridized carbons (Fsp3) is 0.500. The predicted octanol–water partition coefficient (Wildman–Crippen LogP) is 1.62. The van der Waals surface area contributed by atoms with Gasteiger partial charge >= 0.3 is 0 Å². The molecular formula is C14H19NO3. The van der Waals surface area contributed by atoms with Crippen LogP contribution >= 0.6 is 0 Å². The maximum absolute atomic E-state index is 11.8. The van der Waals surface area contributed by atoms with Crippen LogP contribution in [0.3, 0.4) is 0 Å². The summed E-state index contributed by atoms with van der Waals surface area (Å²) in [6.45, 7) is 3.35. The smallest absolute Gasteiger partial charge is 0.224 e. The van der Waals surface area contributed by atoms with Gasteiger partial charge in [-0.2, -0.15) is 0 Å². The highest BCUT2D eigenvalue weighted by atomic mass is 16.5. The van der Waals surface area contributed by atoms with Crippen molar-refractivity contribution < 1.29 is 14.6 Å². The number of nitrogens with one attached hydrogen (secondary N) is 1. The molecule has 1 fully saturated rings. The zero-order valence-corrected chi connectivity index (χ0v) is 10.6. The molecule has 1 heterocycles. The number of phenolic OH excluding ortho intramolecular Hbond substituents is 1. The lowest BCUT2D eigenvalue weighted by Crippen LogP contribution is -2.40. The number of rotatable bonds is 4. The molecule has 0 saturated carbocycles. The highest BCUT2D eigenvalue weighted by Gasteiger charge is 2.29. The van der Waals surface area contributed by atoms with E-state index in [9.17, 15) is 9.90 Å². The highest BCUT2D eigenvalue weighted by molar-refractivity contribution is 5.78. The minimum absolute atomic E-state index is 0.0441. The Morgan fingerprint density at radius 2 is 2.39 bits per heavy atom. The van der Waals surface area contributed by atoms with E-state index in [4.69, 9.17) is 4.74 Å². The van der Waals surface area contributed by atoms with E-state index < -0.39 is 0 Å². The fourth-order valence-corrected chi connectivity index (χ4v) is 2.18. The molecule has 0 aromatic heterocycles. The van der Waals surface area contributed by atoms with E-state index in [1.54, 1.807) is 18.2 Å². The summed E-state index contributed by atoms with van der Waals surface area (Å²) in [4.78, 5) is 11.8. The normalized spacial score (nSPS) is 22.9. The van der Waals surface area contributed by atoms with Gasteiger partial charge in [-0.25, -0.2) is 0 Å².